The fraction of sp³-hybridized carbons (Fsp3) is 0.719. The molecule has 0 radical (unpaired) electrons. The van der Waals surface area contributed by atoms with Crippen LogP contribution in [0.1, 0.15) is 124 Å². The molecule has 0 aliphatic carbocycles. The molecule has 0 aliphatic heterocycles. The fourth-order valence-electron chi connectivity index (χ4n) is 4.46. The number of nitrogens with one attached hydrogen (secondary N) is 2. The van der Waals surface area contributed by atoms with Gasteiger partial charge in [-0.05, 0) is 57.1 Å². The summed E-state index contributed by atoms with van der Waals surface area (Å²) in [6.45, 7) is 16.7. The third-order valence-corrected chi connectivity index (χ3v) is 7.03. The Morgan fingerprint density at radius 3 is 2.05 bits per heavy atom. The molecule has 3 unspecified atom stereocenters. The summed E-state index contributed by atoms with van der Waals surface area (Å²) in [6.07, 6.45) is 7.83. The monoisotopic (exact) mass is 545 g/mol. The molecule has 0 spiro atoms. The van der Waals surface area contributed by atoms with Crippen LogP contribution in [0.3, 0.4) is 0 Å². The molecular weight excluding hydrogens is 490 g/mol. The van der Waals surface area contributed by atoms with Crippen LogP contribution in [0, 0.1) is 5.92 Å². The number of hydrogen-bond acceptors (Lipinski definition) is 4. The molecule has 1 rings (SSSR count). The van der Waals surface area contributed by atoms with Crippen LogP contribution in [0.2, 0.25) is 0 Å². The molecule has 0 aromatic heterocycles. The van der Waals surface area contributed by atoms with E-state index in [1.54, 1.807) is 25.7 Å². The second kappa shape index (κ2) is 17.9. The van der Waals surface area contributed by atoms with Crippen LogP contribution in [0.4, 0.5) is 4.79 Å². The van der Waals surface area contributed by atoms with Crippen LogP contribution in [-0.2, 0) is 20.7 Å². The summed E-state index contributed by atoms with van der Waals surface area (Å²) in [5.41, 5.74) is 1.27. The van der Waals surface area contributed by atoms with E-state index in [0.29, 0.717) is 19.5 Å². The van der Waals surface area contributed by atoms with Gasteiger partial charge in [0, 0.05) is 13.1 Å². The number of benzene rings is 1. The summed E-state index contributed by atoms with van der Waals surface area (Å²) >= 11 is 0. The van der Waals surface area contributed by atoms with Crippen LogP contribution in [0.5, 0.6) is 0 Å². The van der Waals surface area contributed by atoms with Gasteiger partial charge in [0.2, 0.25) is 11.8 Å². The molecule has 2 N–H and O–H groups in total. The zero-order valence-electron chi connectivity index (χ0n) is 25.9. The Labute approximate surface area is 237 Å². The lowest BCUT2D eigenvalue weighted by Gasteiger charge is -2.36. The lowest BCUT2D eigenvalue weighted by Crippen LogP contribution is -2.55. The van der Waals surface area contributed by atoms with Gasteiger partial charge in [-0.1, -0.05) is 97.4 Å². The summed E-state index contributed by atoms with van der Waals surface area (Å²) in [7, 11) is 0. The third-order valence-electron chi connectivity index (χ3n) is 7.03. The predicted octanol–water partition coefficient (Wildman–Crippen LogP) is 6.94. The molecule has 7 nitrogen and oxygen atoms in total. The van der Waals surface area contributed by atoms with E-state index < -0.39 is 23.8 Å². The Balaban J connectivity index is 3.47. The van der Waals surface area contributed by atoms with Crippen molar-refractivity contribution in [2.45, 2.75) is 131 Å². The third kappa shape index (κ3) is 12.4. The number of hydrogen-bond donors (Lipinski definition) is 2. The van der Waals surface area contributed by atoms with Crippen molar-refractivity contribution in [1.82, 2.24) is 15.5 Å². The largest absolute Gasteiger partial charge is 0.444 e. The first-order valence-corrected chi connectivity index (χ1v) is 15.1. The molecule has 0 bridgehead atoms. The normalized spacial score (nSPS) is 13.7. The van der Waals surface area contributed by atoms with E-state index >= 15 is 0 Å². The lowest BCUT2D eigenvalue weighted by molar-refractivity contribution is -0.143. The SMILES string of the molecule is CCCCCCN(C(=O)C(NC(=O)OC(C)(C)C)C(C)CC)C(C(=O)NCCCCC)c1ccc(CC)cc1. The smallest absolute Gasteiger partial charge is 0.408 e. The summed E-state index contributed by atoms with van der Waals surface area (Å²) < 4.78 is 5.50. The van der Waals surface area contributed by atoms with Gasteiger partial charge >= 0.3 is 6.09 Å². The fourth-order valence-corrected chi connectivity index (χ4v) is 4.46. The first-order chi connectivity index (χ1) is 18.5. The first kappa shape index (κ1) is 34.5. The zero-order valence-corrected chi connectivity index (χ0v) is 25.9. The van der Waals surface area contributed by atoms with Crippen molar-refractivity contribution in [2.24, 2.45) is 5.92 Å². The van der Waals surface area contributed by atoms with Crippen molar-refractivity contribution in [2.75, 3.05) is 13.1 Å². The number of unbranched alkanes of at least 4 members (excludes halogenated alkanes) is 5. The summed E-state index contributed by atoms with van der Waals surface area (Å²) in [6, 6.07) is 6.39. The number of carbonyl (C=O) groups excluding carboxylic acids is 3. The number of nitrogens with zero attached hydrogens (tertiary/aromatic N) is 1. The molecule has 0 saturated carbocycles. The second-order valence-electron chi connectivity index (χ2n) is 11.6. The van der Waals surface area contributed by atoms with Crippen LogP contribution in [0.25, 0.3) is 0 Å². The second-order valence-corrected chi connectivity index (χ2v) is 11.6. The number of aryl methyl sites for hydroxylation is 1. The average molecular weight is 546 g/mol. The van der Waals surface area contributed by atoms with Gasteiger partial charge in [-0.25, -0.2) is 4.79 Å². The number of carbonyl (C=O) groups is 3. The highest BCUT2D eigenvalue weighted by atomic mass is 16.6. The van der Waals surface area contributed by atoms with E-state index in [1.807, 2.05) is 38.1 Å². The quantitative estimate of drug-likeness (QED) is 0.207. The van der Waals surface area contributed by atoms with Crippen LogP contribution in [0.15, 0.2) is 24.3 Å². The van der Waals surface area contributed by atoms with E-state index in [9.17, 15) is 14.4 Å². The zero-order chi connectivity index (χ0) is 29.4. The molecule has 0 saturated heterocycles. The van der Waals surface area contributed by atoms with Crippen LogP contribution < -0.4 is 10.6 Å². The van der Waals surface area contributed by atoms with Crippen molar-refractivity contribution in [3.63, 3.8) is 0 Å². The van der Waals surface area contributed by atoms with Crippen molar-refractivity contribution >= 4 is 17.9 Å². The molecule has 1 aromatic rings. The van der Waals surface area contributed by atoms with Crippen molar-refractivity contribution in [3.05, 3.63) is 35.4 Å². The van der Waals surface area contributed by atoms with Gasteiger partial charge < -0.3 is 20.3 Å². The van der Waals surface area contributed by atoms with Gasteiger partial charge in [0.25, 0.3) is 0 Å². The van der Waals surface area contributed by atoms with E-state index in [-0.39, 0.29) is 17.7 Å². The first-order valence-electron chi connectivity index (χ1n) is 15.1. The molecule has 0 heterocycles. The Kier molecular flexibility index (Phi) is 15.8. The van der Waals surface area contributed by atoms with Gasteiger partial charge in [-0.15, -0.1) is 0 Å². The molecule has 0 aliphatic rings. The highest BCUT2D eigenvalue weighted by Gasteiger charge is 2.37. The molecule has 7 heteroatoms. The Morgan fingerprint density at radius 1 is 0.897 bits per heavy atom. The minimum Gasteiger partial charge on any atom is -0.444 e. The van der Waals surface area contributed by atoms with Gasteiger partial charge in [0.1, 0.15) is 17.7 Å². The molecular formula is C32H55N3O4. The molecule has 39 heavy (non-hydrogen) atoms. The Morgan fingerprint density at radius 2 is 1.51 bits per heavy atom. The van der Waals surface area contributed by atoms with Crippen molar-refractivity contribution < 1.29 is 19.1 Å². The highest BCUT2D eigenvalue weighted by molar-refractivity contribution is 5.92. The molecule has 1 aromatic carbocycles. The molecule has 222 valence electrons. The van der Waals surface area contributed by atoms with Gasteiger partial charge in [0.05, 0.1) is 0 Å². The highest BCUT2D eigenvalue weighted by Crippen LogP contribution is 2.26. The Bertz CT molecular complexity index is 863. The number of rotatable bonds is 17. The van der Waals surface area contributed by atoms with Crippen molar-refractivity contribution in [1.29, 1.82) is 0 Å². The molecule has 3 atom stereocenters. The predicted molar refractivity (Wildman–Crippen MR) is 160 cm³/mol. The number of amides is 3. The van der Waals surface area contributed by atoms with E-state index in [1.165, 1.54) is 5.56 Å². The standard InChI is InChI=1S/C32H55N3O4/c1-9-13-15-17-23-35(30(37)27(24(5)11-3)34-31(38)39-32(6,7)8)28(29(36)33-22-16-14-10-2)26-20-18-25(12-4)19-21-26/h18-21,24,27-28H,9-17,22-23H2,1-8H3,(H,33,36)(H,34,38). The average Bonchev–Trinajstić information content (AvgIpc) is 2.89. The molecule has 0 fully saturated rings. The maximum Gasteiger partial charge on any atom is 0.408 e. The van der Waals surface area contributed by atoms with E-state index in [2.05, 4.69) is 31.4 Å². The lowest BCUT2D eigenvalue weighted by atomic mass is 9.95. The number of alkyl carbamates (subject to hydrolysis) is 1. The summed E-state index contributed by atoms with van der Waals surface area (Å²) in [5.74, 6) is -0.571. The van der Waals surface area contributed by atoms with E-state index in [4.69, 9.17) is 4.74 Å². The van der Waals surface area contributed by atoms with Crippen molar-refractivity contribution in [3.8, 4) is 0 Å². The maximum atomic E-state index is 14.3. The van der Waals surface area contributed by atoms with Gasteiger partial charge in [0.15, 0.2) is 0 Å². The van der Waals surface area contributed by atoms with Crippen LogP contribution >= 0.6 is 0 Å². The van der Waals surface area contributed by atoms with Gasteiger partial charge in [-0.2, -0.15) is 0 Å². The van der Waals surface area contributed by atoms with Crippen LogP contribution in [-0.4, -0.2) is 47.5 Å². The summed E-state index contributed by atoms with van der Waals surface area (Å²) in [4.78, 5) is 42.5. The Hall–Kier alpha value is -2.57. The molecule has 3 amide bonds. The minimum atomic E-state index is -0.804. The summed E-state index contributed by atoms with van der Waals surface area (Å²) in [5, 5.41) is 5.94. The number of ether oxygens (including phenoxy) is 1. The topological polar surface area (TPSA) is 87.7 Å². The maximum absolute atomic E-state index is 14.3. The minimum absolute atomic E-state index is 0.140. The van der Waals surface area contributed by atoms with Gasteiger partial charge in [-0.3, -0.25) is 9.59 Å². The van der Waals surface area contributed by atoms with E-state index in [0.717, 1.165) is 56.9 Å².